The van der Waals surface area contributed by atoms with E-state index in [1.807, 2.05) is 0 Å². The molecule has 3 heterocycles. The highest BCUT2D eigenvalue weighted by Crippen LogP contribution is 2.33. The number of likely N-dealkylation sites (tertiary alicyclic amines) is 1. The molecule has 32 heavy (non-hydrogen) atoms. The minimum atomic E-state index is -0.948. The van der Waals surface area contributed by atoms with Crippen LogP contribution in [0.3, 0.4) is 0 Å². The number of nitrogens with two attached hydrogens (primary N) is 1. The lowest BCUT2D eigenvalue weighted by Gasteiger charge is -2.51. The third kappa shape index (κ3) is 4.61. The molecule has 3 atom stereocenters. The summed E-state index contributed by atoms with van der Waals surface area (Å²) in [4.78, 5) is 43.3. The van der Waals surface area contributed by atoms with Crippen LogP contribution in [0, 0.1) is 0 Å². The van der Waals surface area contributed by atoms with Gasteiger partial charge in [0.25, 0.3) is 0 Å². The number of anilines is 1. The number of nitrogens with one attached hydrogen (secondary N) is 1. The zero-order valence-corrected chi connectivity index (χ0v) is 17.9. The second kappa shape index (κ2) is 9.66. The Morgan fingerprint density at radius 1 is 1.34 bits per heavy atom. The lowest BCUT2D eigenvalue weighted by atomic mass is 9.84. The molecule has 0 aromatic carbocycles. The smallest absolute Gasteiger partial charge is 0.317 e. The van der Waals surface area contributed by atoms with Crippen LogP contribution in [-0.4, -0.2) is 75.8 Å². The largest absolute Gasteiger partial charge is 0.480 e. The molecular weight excluding hydrogens is 414 g/mol. The third-order valence-electron chi connectivity index (χ3n) is 6.56. The number of pyridine rings is 1. The summed E-state index contributed by atoms with van der Waals surface area (Å²) in [7, 11) is 0. The van der Waals surface area contributed by atoms with Gasteiger partial charge in [-0.2, -0.15) is 0 Å². The molecule has 10 heteroatoms. The predicted octanol–water partition coefficient (Wildman–Crippen LogP) is 0.997. The molecule has 1 saturated heterocycles. The van der Waals surface area contributed by atoms with Gasteiger partial charge in [-0.3, -0.25) is 19.4 Å². The standard InChI is InChI=1S/C22H29N5O5/c23-21-15-11-14(32-19(15)5-7-24-21)12-25-22(31)18-6-8-27(18)17-4-2-1-3-16(17)26(9-10-28)13-20(29)30/h5,7,10-11,16-18H,1-4,6,8-9,12-13H2,(H2,23,24)(H,25,31)(H,29,30)/t16?,17?,18-/m0/s1. The predicted molar refractivity (Wildman–Crippen MR) is 117 cm³/mol. The number of furan rings is 1. The van der Waals surface area contributed by atoms with E-state index in [4.69, 9.17) is 10.2 Å². The van der Waals surface area contributed by atoms with Gasteiger partial charge < -0.3 is 25.4 Å². The van der Waals surface area contributed by atoms with Gasteiger partial charge >= 0.3 is 5.97 Å². The van der Waals surface area contributed by atoms with Crippen LogP contribution in [0.4, 0.5) is 5.82 Å². The summed E-state index contributed by atoms with van der Waals surface area (Å²) in [5, 5.41) is 12.9. The summed E-state index contributed by atoms with van der Waals surface area (Å²) in [6.45, 7) is 0.951. The first kappa shape index (κ1) is 22.2. The molecule has 0 radical (unpaired) electrons. The van der Waals surface area contributed by atoms with E-state index in [9.17, 15) is 19.5 Å². The fourth-order valence-electron chi connectivity index (χ4n) is 4.99. The Bertz CT molecular complexity index is 992. The van der Waals surface area contributed by atoms with Crippen molar-refractivity contribution < 1.29 is 23.9 Å². The molecular formula is C22H29N5O5. The number of carbonyl (C=O) groups is 3. The molecule has 1 aliphatic carbocycles. The number of aliphatic carboxylic acids is 1. The topological polar surface area (TPSA) is 142 Å². The van der Waals surface area contributed by atoms with Gasteiger partial charge in [0.15, 0.2) is 0 Å². The number of carboxylic acids is 1. The Kier molecular flexibility index (Phi) is 6.71. The molecule has 0 bridgehead atoms. The van der Waals surface area contributed by atoms with Gasteiger partial charge in [0.1, 0.15) is 23.4 Å². The molecule has 4 rings (SSSR count). The first-order valence-corrected chi connectivity index (χ1v) is 11.0. The Morgan fingerprint density at radius 3 is 2.84 bits per heavy atom. The van der Waals surface area contributed by atoms with Crippen molar-refractivity contribution in [3.63, 3.8) is 0 Å². The maximum absolute atomic E-state index is 12.9. The van der Waals surface area contributed by atoms with Crippen molar-refractivity contribution >= 4 is 34.9 Å². The van der Waals surface area contributed by atoms with E-state index >= 15 is 0 Å². The van der Waals surface area contributed by atoms with Crippen LogP contribution in [-0.2, 0) is 20.9 Å². The summed E-state index contributed by atoms with van der Waals surface area (Å²) in [6.07, 6.45) is 6.81. The monoisotopic (exact) mass is 443 g/mol. The molecule has 2 aliphatic rings. The summed E-state index contributed by atoms with van der Waals surface area (Å²) in [6, 6.07) is 3.27. The van der Waals surface area contributed by atoms with Crippen LogP contribution in [0.25, 0.3) is 11.0 Å². The summed E-state index contributed by atoms with van der Waals surface area (Å²) < 4.78 is 5.74. The zero-order valence-electron chi connectivity index (χ0n) is 17.9. The Morgan fingerprint density at radius 2 is 2.16 bits per heavy atom. The second-order valence-electron chi connectivity index (χ2n) is 8.49. The fourth-order valence-corrected chi connectivity index (χ4v) is 4.99. The number of amides is 1. The quantitative estimate of drug-likeness (QED) is 0.484. The molecule has 0 spiro atoms. The minimum absolute atomic E-state index is 0.0495. The van der Waals surface area contributed by atoms with Crippen LogP contribution < -0.4 is 11.1 Å². The van der Waals surface area contributed by atoms with E-state index in [2.05, 4.69) is 15.2 Å². The fraction of sp³-hybridized carbons (Fsp3) is 0.545. The van der Waals surface area contributed by atoms with E-state index in [0.717, 1.165) is 50.3 Å². The molecule has 2 fully saturated rings. The number of aromatic nitrogens is 1. The molecule has 2 unspecified atom stereocenters. The number of carbonyl (C=O) groups excluding carboxylic acids is 2. The second-order valence-corrected chi connectivity index (χ2v) is 8.49. The van der Waals surface area contributed by atoms with E-state index in [0.29, 0.717) is 17.2 Å². The number of fused-ring (bicyclic) bond motifs is 1. The maximum Gasteiger partial charge on any atom is 0.317 e. The summed E-state index contributed by atoms with van der Waals surface area (Å²) in [5.74, 6) is -0.0327. The van der Waals surface area contributed by atoms with Gasteiger partial charge in [0.2, 0.25) is 5.91 Å². The number of aldehydes is 1. The molecule has 2 aromatic heterocycles. The highest BCUT2D eigenvalue weighted by atomic mass is 16.4. The lowest BCUT2D eigenvalue weighted by molar-refractivity contribution is -0.142. The van der Waals surface area contributed by atoms with Crippen molar-refractivity contribution in [2.75, 3.05) is 25.4 Å². The van der Waals surface area contributed by atoms with Crippen molar-refractivity contribution in [3.05, 3.63) is 24.1 Å². The van der Waals surface area contributed by atoms with Crippen molar-refractivity contribution in [2.45, 2.75) is 56.8 Å². The number of nitrogens with zero attached hydrogens (tertiary/aromatic N) is 3. The molecule has 10 nitrogen and oxygen atoms in total. The number of hydrogen-bond acceptors (Lipinski definition) is 8. The SMILES string of the molecule is Nc1nccc2oc(CNC(=O)[C@@H]3CCN3C3CCCCC3N(CC=O)CC(=O)O)cc12. The molecule has 2 aromatic rings. The number of carboxylic acid groups (broad SMARTS) is 1. The average molecular weight is 444 g/mol. The van der Waals surface area contributed by atoms with Gasteiger partial charge in [-0.05, 0) is 31.4 Å². The molecule has 4 N–H and O–H groups in total. The first-order chi connectivity index (χ1) is 15.5. The van der Waals surface area contributed by atoms with Crippen LogP contribution in [0.1, 0.15) is 37.9 Å². The molecule has 1 amide bonds. The van der Waals surface area contributed by atoms with Gasteiger partial charge in [-0.25, -0.2) is 4.98 Å². The van der Waals surface area contributed by atoms with Gasteiger partial charge in [0, 0.05) is 24.8 Å². The third-order valence-corrected chi connectivity index (χ3v) is 6.56. The minimum Gasteiger partial charge on any atom is -0.480 e. The number of nitrogen functional groups attached to an aromatic ring is 1. The average Bonchev–Trinajstić information content (AvgIpc) is 3.16. The molecule has 172 valence electrons. The summed E-state index contributed by atoms with van der Waals surface area (Å²) in [5.41, 5.74) is 6.50. The number of rotatable bonds is 9. The van der Waals surface area contributed by atoms with E-state index in [-0.39, 0.29) is 43.7 Å². The van der Waals surface area contributed by atoms with E-state index in [1.54, 1.807) is 23.2 Å². The van der Waals surface area contributed by atoms with Gasteiger partial charge in [0.05, 0.1) is 31.1 Å². The molecule has 1 saturated carbocycles. The zero-order chi connectivity index (χ0) is 22.7. The van der Waals surface area contributed by atoms with Crippen LogP contribution in [0.5, 0.6) is 0 Å². The van der Waals surface area contributed by atoms with Crippen LogP contribution in [0.15, 0.2) is 22.7 Å². The Hall–Kier alpha value is -2.98. The van der Waals surface area contributed by atoms with Crippen molar-refractivity contribution in [3.8, 4) is 0 Å². The van der Waals surface area contributed by atoms with Crippen LogP contribution in [0.2, 0.25) is 0 Å². The van der Waals surface area contributed by atoms with Crippen molar-refractivity contribution in [2.24, 2.45) is 0 Å². The van der Waals surface area contributed by atoms with Crippen LogP contribution >= 0.6 is 0 Å². The molecule has 1 aliphatic heterocycles. The van der Waals surface area contributed by atoms with Gasteiger partial charge in [-0.15, -0.1) is 0 Å². The van der Waals surface area contributed by atoms with Gasteiger partial charge in [-0.1, -0.05) is 12.8 Å². The maximum atomic E-state index is 12.9. The van der Waals surface area contributed by atoms with E-state index in [1.165, 1.54) is 0 Å². The highest BCUT2D eigenvalue weighted by molar-refractivity contribution is 5.87. The first-order valence-electron chi connectivity index (χ1n) is 11.0. The van der Waals surface area contributed by atoms with E-state index < -0.39 is 5.97 Å². The number of hydrogen-bond donors (Lipinski definition) is 3. The lowest BCUT2D eigenvalue weighted by Crippen LogP contribution is -2.65. The summed E-state index contributed by atoms with van der Waals surface area (Å²) >= 11 is 0. The normalized spacial score (nSPS) is 23.7. The van der Waals surface area contributed by atoms with Crippen molar-refractivity contribution in [1.82, 2.24) is 20.1 Å². The highest BCUT2D eigenvalue weighted by Gasteiger charge is 2.44. The van der Waals surface area contributed by atoms with Crippen molar-refractivity contribution in [1.29, 1.82) is 0 Å². The Labute approximate surface area is 185 Å². The Balaban J connectivity index is 1.40.